The normalized spacial score (nSPS) is 20.0. The van der Waals surface area contributed by atoms with Gasteiger partial charge in [-0.25, -0.2) is 9.18 Å². The number of hydrogen-bond acceptors (Lipinski definition) is 3. The van der Waals surface area contributed by atoms with Gasteiger partial charge >= 0.3 is 6.09 Å². The van der Waals surface area contributed by atoms with Gasteiger partial charge in [-0.05, 0) is 36.5 Å². The highest BCUT2D eigenvalue weighted by atomic mass is 19.1. The average Bonchev–Trinajstić information content (AvgIpc) is 2.67. The number of rotatable bonds is 2. The smallest absolute Gasteiger partial charge is 0.407 e. The number of piperidine rings is 1. The van der Waals surface area contributed by atoms with E-state index in [-0.39, 0.29) is 17.8 Å². The monoisotopic (exact) mass is 356 g/mol. The molecule has 6 heteroatoms. The Bertz CT molecular complexity index is 818. The Morgan fingerprint density at radius 2 is 1.85 bits per heavy atom. The number of halogens is 1. The third-order valence-electron chi connectivity index (χ3n) is 5.26. The number of benzene rings is 2. The van der Waals surface area contributed by atoms with Gasteiger partial charge in [0, 0.05) is 18.7 Å². The van der Waals surface area contributed by atoms with Crippen molar-refractivity contribution in [3.63, 3.8) is 0 Å². The van der Waals surface area contributed by atoms with Gasteiger partial charge in [0.05, 0.1) is 11.7 Å². The van der Waals surface area contributed by atoms with Crippen molar-refractivity contribution in [2.75, 3.05) is 25.0 Å². The van der Waals surface area contributed by atoms with Crippen molar-refractivity contribution >= 4 is 11.8 Å². The molecule has 0 radical (unpaired) electrons. The maximum Gasteiger partial charge on any atom is 0.407 e. The Balaban J connectivity index is 1.54. The Kier molecular flexibility index (Phi) is 4.41. The molecule has 0 aromatic heterocycles. The summed E-state index contributed by atoms with van der Waals surface area (Å²) in [5.74, 6) is 0.843. The first-order chi connectivity index (χ1) is 12.6. The van der Waals surface area contributed by atoms with Crippen molar-refractivity contribution in [2.45, 2.75) is 24.8 Å². The molecule has 2 heterocycles. The first-order valence-electron chi connectivity index (χ1n) is 8.88. The Morgan fingerprint density at radius 3 is 2.58 bits per heavy atom. The van der Waals surface area contributed by atoms with E-state index >= 15 is 0 Å². The molecule has 0 saturated carbocycles. The van der Waals surface area contributed by atoms with Gasteiger partial charge in [0.25, 0.3) is 0 Å². The van der Waals surface area contributed by atoms with Gasteiger partial charge in [0.1, 0.15) is 18.2 Å². The largest absolute Gasteiger partial charge is 0.489 e. The third-order valence-corrected chi connectivity index (χ3v) is 5.26. The van der Waals surface area contributed by atoms with Gasteiger partial charge in [0.15, 0.2) is 0 Å². The van der Waals surface area contributed by atoms with Crippen LogP contribution in [0.3, 0.4) is 0 Å². The minimum atomic E-state index is -0.857. The molecule has 5 nitrogen and oxygen atoms in total. The van der Waals surface area contributed by atoms with E-state index in [4.69, 9.17) is 9.84 Å². The highest BCUT2D eigenvalue weighted by Crippen LogP contribution is 2.42. The lowest BCUT2D eigenvalue weighted by atomic mass is 9.88. The number of ether oxygens (including phenoxy) is 1. The molecule has 1 atom stereocenters. The number of nitrogens with zero attached hydrogens (tertiary/aromatic N) is 1. The number of hydrogen-bond donors (Lipinski definition) is 2. The molecule has 2 aliphatic heterocycles. The van der Waals surface area contributed by atoms with Crippen LogP contribution in [0.1, 0.15) is 35.9 Å². The summed E-state index contributed by atoms with van der Waals surface area (Å²) in [5.41, 5.74) is 2.56. The molecule has 0 bridgehead atoms. The summed E-state index contributed by atoms with van der Waals surface area (Å²) in [7, 11) is 0. The van der Waals surface area contributed by atoms with Crippen molar-refractivity contribution in [2.24, 2.45) is 0 Å². The van der Waals surface area contributed by atoms with Gasteiger partial charge in [-0.3, -0.25) is 0 Å². The van der Waals surface area contributed by atoms with E-state index in [0.29, 0.717) is 25.3 Å². The number of anilines is 1. The minimum Gasteiger partial charge on any atom is -0.489 e. The molecular weight excluding hydrogens is 335 g/mol. The molecule has 2 aliphatic rings. The van der Waals surface area contributed by atoms with Crippen molar-refractivity contribution < 1.29 is 19.0 Å². The second-order valence-corrected chi connectivity index (χ2v) is 6.80. The van der Waals surface area contributed by atoms with E-state index in [9.17, 15) is 9.18 Å². The Labute approximate surface area is 151 Å². The molecule has 1 amide bonds. The van der Waals surface area contributed by atoms with E-state index in [2.05, 4.69) is 5.32 Å². The van der Waals surface area contributed by atoms with Crippen LogP contribution >= 0.6 is 0 Å². The second-order valence-electron chi connectivity index (χ2n) is 6.80. The number of para-hydroxylation sites is 1. The molecule has 0 spiro atoms. The number of amides is 1. The van der Waals surface area contributed by atoms with Gasteiger partial charge in [0.2, 0.25) is 0 Å². The van der Waals surface area contributed by atoms with Crippen molar-refractivity contribution in [3.8, 4) is 5.75 Å². The fourth-order valence-corrected chi connectivity index (χ4v) is 3.85. The molecule has 2 aromatic rings. The average molecular weight is 356 g/mol. The van der Waals surface area contributed by atoms with Gasteiger partial charge in [-0.15, -0.1) is 0 Å². The highest BCUT2D eigenvalue weighted by molar-refractivity contribution is 5.66. The van der Waals surface area contributed by atoms with Crippen molar-refractivity contribution in [1.82, 2.24) is 4.90 Å². The van der Waals surface area contributed by atoms with Crippen LogP contribution in [0.2, 0.25) is 0 Å². The minimum absolute atomic E-state index is 0.229. The quantitative estimate of drug-likeness (QED) is 0.845. The van der Waals surface area contributed by atoms with Crippen LogP contribution in [-0.2, 0) is 0 Å². The summed E-state index contributed by atoms with van der Waals surface area (Å²) in [4.78, 5) is 12.5. The maximum absolute atomic E-state index is 14.1. The number of nitrogens with one attached hydrogen (secondary N) is 1. The molecule has 1 fully saturated rings. The second kappa shape index (κ2) is 6.86. The van der Waals surface area contributed by atoms with Gasteiger partial charge < -0.3 is 20.1 Å². The molecule has 136 valence electrons. The summed E-state index contributed by atoms with van der Waals surface area (Å²) in [5, 5.41) is 12.5. The van der Waals surface area contributed by atoms with Crippen molar-refractivity contribution in [1.29, 1.82) is 0 Å². The molecule has 0 aliphatic carbocycles. The van der Waals surface area contributed by atoms with Crippen LogP contribution in [0.4, 0.5) is 14.9 Å². The van der Waals surface area contributed by atoms with Crippen LogP contribution < -0.4 is 10.1 Å². The zero-order valence-electron chi connectivity index (χ0n) is 14.3. The summed E-state index contributed by atoms with van der Waals surface area (Å²) >= 11 is 0. The first-order valence-corrected chi connectivity index (χ1v) is 8.88. The van der Waals surface area contributed by atoms with Crippen LogP contribution in [0, 0.1) is 5.82 Å². The number of carboxylic acid groups (broad SMARTS) is 1. The van der Waals surface area contributed by atoms with E-state index < -0.39 is 6.09 Å². The zero-order chi connectivity index (χ0) is 18.1. The fourth-order valence-electron chi connectivity index (χ4n) is 3.85. The molecule has 1 saturated heterocycles. The fraction of sp³-hybridized carbons (Fsp3) is 0.350. The summed E-state index contributed by atoms with van der Waals surface area (Å²) in [6.07, 6.45) is 0.704. The summed E-state index contributed by atoms with van der Waals surface area (Å²) < 4.78 is 20.1. The van der Waals surface area contributed by atoms with E-state index in [0.717, 1.165) is 29.8 Å². The van der Waals surface area contributed by atoms with E-state index in [1.165, 1.54) is 11.0 Å². The van der Waals surface area contributed by atoms with Crippen LogP contribution in [0.15, 0.2) is 42.5 Å². The topological polar surface area (TPSA) is 61.8 Å². The zero-order valence-corrected chi connectivity index (χ0v) is 14.3. The van der Waals surface area contributed by atoms with E-state index in [1.807, 2.05) is 24.3 Å². The number of fused-ring (bicyclic) bond motifs is 1. The van der Waals surface area contributed by atoms with Gasteiger partial charge in [-0.2, -0.15) is 0 Å². The molecule has 4 rings (SSSR count). The Hall–Kier alpha value is -2.76. The predicted molar refractivity (Wildman–Crippen MR) is 96.3 cm³/mol. The van der Waals surface area contributed by atoms with Crippen LogP contribution in [0.5, 0.6) is 5.75 Å². The number of likely N-dealkylation sites (tertiary alicyclic amines) is 1. The SMILES string of the molecule is O=C(O)N1CCC(c2cccc3c2OCC(c2ccccc2F)N3)CC1. The standard InChI is InChI=1S/C20H21FN2O3/c21-16-6-2-1-4-15(16)18-12-26-19-14(5-3-7-17(19)22-18)13-8-10-23(11-9-13)20(24)25/h1-7,13,18,22H,8-12H2,(H,24,25). The Morgan fingerprint density at radius 1 is 1.12 bits per heavy atom. The van der Waals surface area contributed by atoms with Crippen LogP contribution in [0.25, 0.3) is 0 Å². The predicted octanol–water partition coefficient (Wildman–Crippen LogP) is 4.23. The number of carbonyl (C=O) groups is 1. The van der Waals surface area contributed by atoms with Crippen molar-refractivity contribution in [3.05, 3.63) is 59.4 Å². The molecule has 26 heavy (non-hydrogen) atoms. The lowest BCUT2D eigenvalue weighted by Crippen LogP contribution is -2.37. The molecular formula is C20H21FN2O3. The summed E-state index contributed by atoms with van der Waals surface area (Å²) in [6, 6.07) is 12.5. The molecule has 2 aromatic carbocycles. The van der Waals surface area contributed by atoms with Crippen LogP contribution in [-0.4, -0.2) is 35.8 Å². The summed E-state index contributed by atoms with van der Waals surface area (Å²) in [6.45, 7) is 1.43. The lowest BCUT2D eigenvalue weighted by molar-refractivity contribution is 0.131. The molecule has 2 N–H and O–H groups in total. The highest BCUT2D eigenvalue weighted by Gasteiger charge is 2.29. The third kappa shape index (κ3) is 3.07. The maximum atomic E-state index is 14.1. The van der Waals surface area contributed by atoms with Gasteiger partial charge in [-0.1, -0.05) is 30.3 Å². The van der Waals surface area contributed by atoms with E-state index in [1.54, 1.807) is 12.1 Å². The first kappa shape index (κ1) is 16.7. The lowest BCUT2D eigenvalue weighted by Gasteiger charge is -2.34. The molecule has 1 unspecified atom stereocenters.